The van der Waals surface area contributed by atoms with Gasteiger partial charge in [0.15, 0.2) is 6.10 Å². The summed E-state index contributed by atoms with van der Waals surface area (Å²) < 4.78 is 48.3. The van der Waals surface area contributed by atoms with Crippen LogP contribution in [0.3, 0.4) is 0 Å². The average Bonchev–Trinajstić information content (AvgIpc) is 2.99. The number of alkyl halides is 3. The number of hydrogen-bond acceptors (Lipinski definition) is 5. The van der Waals surface area contributed by atoms with Crippen LogP contribution in [0.25, 0.3) is 0 Å². The largest absolute Gasteiger partial charge is 0.465 e. The third-order valence-electron chi connectivity index (χ3n) is 6.13. The van der Waals surface area contributed by atoms with E-state index in [1.807, 2.05) is 13.8 Å². The van der Waals surface area contributed by atoms with Crippen molar-refractivity contribution in [1.29, 1.82) is 0 Å². The predicted octanol–water partition coefficient (Wildman–Crippen LogP) is 3.86. The van der Waals surface area contributed by atoms with Gasteiger partial charge in [0.1, 0.15) is 0 Å². The summed E-state index contributed by atoms with van der Waals surface area (Å²) in [4.78, 5) is 18.7. The zero-order valence-corrected chi connectivity index (χ0v) is 17.5. The molecular weight excluding hydrogens is 401 g/mol. The van der Waals surface area contributed by atoms with Gasteiger partial charge in [-0.3, -0.25) is 4.79 Å². The summed E-state index contributed by atoms with van der Waals surface area (Å²) >= 11 is 0. The van der Waals surface area contributed by atoms with Crippen molar-refractivity contribution in [2.45, 2.75) is 76.9 Å². The Labute approximate surface area is 174 Å². The number of ether oxygens (including phenoxy) is 2. The summed E-state index contributed by atoms with van der Waals surface area (Å²) in [7, 11) is 0. The van der Waals surface area contributed by atoms with E-state index in [-0.39, 0.29) is 24.5 Å². The summed E-state index contributed by atoms with van der Waals surface area (Å²) in [5.74, 6) is -0.161. The fraction of sp³-hybridized carbons (Fsp3) is 0.714. The van der Waals surface area contributed by atoms with Gasteiger partial charge in [-0.25, -0.2) is 4.98 Å². The van der Waals surface area contributed by atoms with Crippen molar-refractivity contribution in [3.8, 4) is 5.88 Å². The molecule has 0 aromatic carbocycles. The van der Waals surface area contributed by atoms with Crippen LogP contribution in [0.1, 0.15) is 52.9 Å². The summed E-state index contributed by atoms with van der Waals surface area (Å²) in [5, 5.41) is 10.7. The maximum absolute atomic E-state index is 13.2. The number of hydrogen-bond donors (Lipinski definition) is 1. The Morgan fingerprint density at radius 2 is 1.83 bits per heavy atom. The third-order valence-corrected chi connectivity index (χ3v) is 6.13. The van der Waals surface area contributed by atoms with Crippen LogP contribution < -0.4 is 9.64 Å². The van der Waals surface area contributed by atoms with Gasteiger partial charge < -0.3 is 19.5 Å². The molecule has 1 aliphatic heterocycles. The fourth-order valence-corrected chi connectivity index (χ4v) is 4.04. The van der Waals surface area contributed by atoms with Crippen LogP contribution in [-0.2, 0) is 9.53 Å². The molecule has 1 aromatic heterocycles. The van der Waals surface area contributed by atoms with Crippen molar-refractivity contribution in [2.75, 3.05) is 18.1 Å². The molecule has 1 aliphatic carbocycles. The first-order valence-electron chi connectivity index (χ1n) is 10.3. The van der Waals surface area contributed by atoms with Gasteiger partial charge in [0.2, 0.25) is 11.8 Å². The molecule has 30 heavy (non-hydrogen) atoms. The lowest BCUT2D eigenvalue weighted by molar-refractivity contribution is -0.189. The molecule has 0 unspecified atom stereocenters. The second kappa shape index (κ2) is 8.34. The predicted molar refractivity (Wildman–Crippen MR) is 104 cm³/mol. The van der Waals surface area contributed by atoms with Crippen LogP contribution in [0.15, 0.2) is 18.3 Å². The highest BCUT2D eigenvalue weighted by Gasteiger charge is 2.51. The van der Waals surface area contributed by atoms with Crippen LogP contribution in [0.4, 0.5) is 18.9 Å². The first-order chi connectivity index (χ1) is 13.9. The number of aromatic nitrogens is 1. The minimum Gasteiger partial charge on any atom is -0.465 e. The highest BCUT2D eigenvalue weighted by Crippen LogP contribution is 2.48. The van der Waals surface area contributed by atoms with Crippen molar-refractivity contribution in [3.05, 3.63) is 18.3 Å². The summed E-state index contributed by atoms with van der Waals surface area (Å²) in [6, 6.07) is 2.90. The second-order valence-electron chi connectivity index (χ2n) is 8.73. The standard InChI is InChI=1S/C21H29F3N2O4/c1-14(2)29-13-20(28)8-6-19(7-9-20)10-11-26(18(19)27)16-4-5-17(25-12-16)30-15(3)21(22,23)24/h4-5,12,14-15,28H,6-11,13H2,1-3H3/t15-,19?,20?/m1/s1. The molecule has 1 aromatic rings. The van der Waals surface area contributed by atoms with Crippen molar-refractivity contribution < 1.29 is 32.5 Å². The normalized spacial score (nSPS) is 28.4. The van der Waals surface area contributed by atoms with Gasteiger partial charge in [0.05, 0.1) is 35.6 Å². The number of carbonyl (C=O) groups is 1. The number of carbonyl (C=O) groups excluding carboxylic acids is 1. The Morgan fingerprint density at radius 1 is 1.17 bits per heavy atom. The van der Waals surface area contributed by atoms with Gasteiger partial charge in [0.25, 0.3) is 0 Å². The summed E-state index contributed by atoms with van der Waals surface area (Å²) in [5.41, 5.74) is -0.879. The van der Waals surface area contributed by atoms with Crippen LogP contribution >= 0.6 is 0 Å². The number of amides is 1. The molecule has 9 heteroatoms. The topological polar surface area (TPSA) is 71.9 Å². The number of pyridine rings is 1. The Balaban J connectivity index is 1.62. The Kier molecular flexibility index (Phi) is 6.34. The maximum Gasteiger partial charge on any atom is 0.425 e. The molecule has 1 spiro atoms. The SMILES string of the molecule is CC(C)OCC1(O)CCC2(CCN(c3ccc(O[C@H](C)C(F)(F)F)nc3)C2=O)CC1. The molecule has 1 amide bonds. The van der Waals surface area contributed by atoms with E-state index < -0.39 is 23.3 Å². The first kappa shape index (κ1) is 22.8. The Bertz CT molecular complexity index is 744. The molecule has 0 bridgehead atoms. The average molecular weight is 430 g/mol. The van der Waals surface area contributed by atoms with Gasteiger partial charge in [-0.2, -0.15) is 13.2 Å². The minimum absolute atomic E-state index is 0.0199. The van der Waals surface area contributed by atoms with E-state index in [0.717, 1.165) is 6.92 Å². The third kappa shape index (κ3) is 4.88. The maximum atomic E-state index is 13.2. The van der Waals surface area contributed by atoms with E-state index >= 15 is 0 Å². The highest BCUT2D eigenvalue weighted by atomic mass is 19.4. The molecular formula is C21H29F3N2O4. The van der Waals surface area contributed by atoms with E-state index in [9.17, 15) is 23.1 Å². The quantitative estimate of drug-likeness (QED) is 0.742. The lowest BCUT2D eigenvalue weighted by atomic mass is 9.68. The Morgan fingerprint density at radius 3 is 2.37 bits per heavy atom. The number of anilines is 1. The lowest BCUT2D eigenvalue weighted by Crippen LogP contribution is -2.46. The fourth-order valence-electron chi connectivity index (χ4n) is 4.04. The zero-order valence-electron chi connectivity index (χ0n) is 17.5. The van der Waals surface area contributed by atoms with E-state index in [1.54, 1.807) is 11.0 Å². The van der Waals surface area contributed by atoms with E-state index in [2.05, 4.69) is 4.98 Å². The molecule has 0 radical (unpaired) electrons. The van der Waals surface area contributed by atoms with Gasteiger partial charge in [-0.1, -0.05) is 0 Å². The van der Waals surface area contributed by atoms with Crippen molar-refractivity contribution in [3.63, 3.8) is 0 Å². The molecule has 168 valence electrons. The van der Waals surface area contributed by atoms with Gasteiger partial charge in [-0.15, -0.1) is 0 Å². The monoisotopic (exact) mass is 430 g/mol. The van der Waals surface area contributed by atoms with Crippen molar-refractivity contribution >= 4 is 11.6 Å². The van der Waals surface area contributed by atoms with Crippen LogP contribution in [0, 0.1) is 5.41 Å². The van der Waals surface area contributed by atoms with E-state index in [0.29, 0.717) is 44.3 Å². The van der Waals surface area contributed by atoms with Crippen molar-refractivity contribution in [1.82, 2.24) is 4.98 Å². The molecule has 2 aliphatic rings. The minimum atomic E-state index is -4.47. The lowest BCUT2D eigenvalue weighted by Gasteiger charge is -2.41. The van der Waals surface area contributed by atoms with E-state index in [4.69, 9.17) is 9.47 Å². The Hall–Kier alpha value is -1.87. The van der Waals surface area contributed by atoms with Crippen LogP contribution in [0.5, 0.6) is 5.88 Å². The van der Waals surface area contributed by atoms with Crippen molar-refractivity contribution in [2.24, 2.45) is 5.41 Å². The number of halogens is 3. The van der Waals surface area contributed by atoms with E-state index in [1.165, 1.54) is 12.3 Å². The van der Waals surface area contributed by atoms with Gasteiger partial charge in [-0.05, 0) is 58.9 Å². The molecule has 6 nitrogen and oxygen atoms in total. The highest BCUT2D eigenvalue weighted by molar-refractivity contribution is 5.99. The molecule has 1 saturated heterocycles. The number of nitrogens with zero attached hydrogens (tertiary/aromatic N) is 2. The number of rotatable bonds is 6. The first-order valence-corrected chi connectivity index (χ1v) is 10.3. The summed E-state index contributed by atoms with van der Waals surface area (Å²) in [6.07, 6.45) is -2.20. The molecule has 1 atom stereocenters. The molecule has 3 rings (SSSR count). The van der Waals surface area contributed by atoms with Gasteiger partial charge in [0, 0.05) is 12.6 Å². The molecule has 1 saturated carbocycles. The van der Waals surface area contributed by atoms with Gasteiger partial charge >= 0.3 is 6.18 Å². The second-order valence-corrected chi connectivity index (χ2v) is 8.73. The smallest absolute Gasteiger partial charge is 0.425 e. The molecule has 1 N–H and O–H groups in total. The number of aliphatic hydroxyl groups is 1. The zero-order chi connectivity index (χ0) is 22.2. The molecule has 2 fully saturated rings. The molecule has 2 heterocycles. The summed E-state index contributed by atoms with van der Waals surface area (Å²) in [6.45, 7) is 5.53. The van der Waals surface area contributed by atoms with Crippen LogP contribution in [0.2, 0.25) is 0 Å². The van der Waals surface area contributed by atoms with Crippen LogP contribution in [-0.4, -0.2) is 53.1 Å².